The lowest BCUT2D eigenvalue weighted by Gasteiger charge is -2.27. The smallest absolute Gasteiger partial charge is 0.240 e. The molecule has 13 heteroatoms. The van der Waals surface area contributed by atoms with Gasteiger partial charge < -0.3 is 24.8 Å². The van der Waals surface area contributed by atoms with E-state index in [1.165, 1.54) is 4.90 Å². The monoisotopic (exact) mass is 682 g/mol. The molecule has 0 unspecified atom stereocenters. The Bertz CT molecular complexity index is 1720. The van der Waals surface area contributed by atoms with Gasteiger partial charge in [-0.2, -0.15) is 0 Å². The number of methoxy groups -OCH3 is 1. The molecule has 2 aliphatic carbocycles. The number of aryl methyl sites for hydroxylation is 1. The normalized spacial score (nSPS) is 28.9. The second kappa shape index (κ2) is 13.7. The summed E-state index contributed by atoms with van der Waals surface area (Å²) in [6.07, 6.45) is 8.66. The zero-order valence-corrected chi connectivity index (χ0v) is 28.7. The first kappa shape index (κ1) is 34.2. The van der Waals surface area contributed by atoms with Gasteiger partial charge in [-0.25, -0.2) is 13.4 Å². The first-order valence-electron chi connectivity index (χ1n) is 17.1. The highest BCUT2D eigenvalue weighted by Gasteiger charge is 2.61. The van der Waals surface area contributed by atoms with Crippen LogP contribution in [0.15, 0.2) is 30.4 Å². The van der Waals surface area contributed by atoms with Crippen LogP contribution in [0, 0.1) is 18.3 Å². The quantitative estimate of drug-likeness (QED) is 0.392. The van der Waals surface area contributed by atoms with Crippen LogP contribution in [-0.2, 0) is 24.4 Å². The van der Waals surface area contributed by atoms with Crippen molar-refractivity contribution >= 4 is 38.5 Å². The van der Waals surface area contributed by atoms with Crippen molar-refractivity contribution < 1.29 is 37.0 Å². The van der Waals surface area contributed by atoms with Crippen LogP contribution in [0.2, 0.25) is 0 Å². The zero-order valence-electron chi connectivity index (χ0n) is 27.9. The average Bonchev–Trinajstić information content (AvgIpc) is 3.98. The molecule has 1 aromatic carbocycles. The van der Waals surface area contributed by atoms with Gasteiger partial charge in [-0.05, 0) is 70.4 Å². The van der Waals surface area contributed by atoms with Crippen molar-refractivity contribution in [2.75, 3.05) is 20.3 Å². The van der Waals surface area contributed by atoms with Crippen LogP contribution in [0.3, 0.4) is 0 Å². The minimum atomic E-state index is -3.80. The third-order valence-electron chi connectivity index (χ3n) is 10.2. The van der Waals surface area contributed by atoms with Crippen LogP contribution in [0.4, 0.5) is 0 Å². The summed E-state index contributed by atoms with van der Waals surface area (Å²) in [7, 11) is -2.21. The number of hydrogen-bond acceptors (Lipinski definition) is 10. The summed E-state index contributed by atoms with van der Waals surface area (Å²) in [4.78, 5) is 47.9. The minimum Gasteiger partial charge on any atom is -0.496 e. The Morgan fingerprint density at radius 1 is 1.15 bits per heavy atom. The number of ketones is 1. The summed E-state index contributed by atoms with van der Waals surface area (Å²) in [5, 5.41) is 0.166. The maximum Gasteiger partial charge on any atom is 0.240 e. The molecule has 3 N–H and O–H groups in total. The second-order valence-corrected chi connectivity index (χ2v) is 15.6. The van der Waals surface area contributed by atoms with Gasteiger partial charge in [0.2, 0.25) is 27.7 Å². The average molecular weight is 683 g/mol. The summed E-state index contributed by atoms with van der Waals surface area (Å²) in [5.41, 5.74) is 6.70. The third kappa shape index (κ3) is 6.89. The first-order chi connectivity index (χ1) is 23.0. The fourth-order valence-electron chi connectivity index (χ4n) is 7.16. The number of nitrogens with two attached hydrogens (primary N) is 1. The van der Waals surface area contributed by atoms with E-state index in [2.05, 4.69) is 9.71 Å². The Morgan fingerprint density at radius 3 is 2.67 bits per heavy atom. The molecule has 0 radical (unpaired) electrons. The Balaban J connectivity index is 1.30. The molecule has 1 aromatic heterocycles. The summed E-state index contributed by atoms with van der Waals surface area (Å²) < 4.78 is 45.6. The number of fused-ring (bicyclic) bond motifs is 3. The largest absolute Gasteiger partial charge is 0.496 e. The molecule has 3 heterocycles. The SMILES string of the molecule is CCOc1cc(O[C@@H]2C[C@H]3C(=O)C[C@]4(C(=O)NS(=O)(=O)C5CC5)C[C@H]4/C=C\CCCCC[C@H](N)C(=O)N3C2)c2ccc(OC)c(C)c2n1. The van der Waals surface area contributed by atoms with E-state index in [-0.39, 0.29) is 37.0 Å². The van der Waals surface area contributed by atoms with Crippen LogP contribution in [0.25, 0.3) is 10.9 Å². The number of pyridine rings is 1. The minimum absolute atomic E-state index is 0.129. The van der Waals surface area contributed by atoms with Gasteiger partial charge in [0.25, 0.3) is 0 Å². The van der Waals surface area contributed by atoms with Crippen molar-refractivity contribution in [3.63, 3.8) is 0 Å². The van der Waals surface area contributed by atoms with E-state index < -0.39 is 44.8 Å². The molecule has 2 amide bonds. The van der Waals surface area contributed by atoms with E-state index >= 15 is 0 Å². The lowest BCUT2D eigenvalue weighted by molar-refractivity contribution is -0.140. The van der Waals surface area contributed by atoms with E-state index in [4.69, 9.17) is 19.9 Å². The van der Waals surface area contributed by atoms with Crippen molar-refractivity contribution in [1.29, 1.82) is 0 Å². The number of aromatic nitrogens is 1. The number of carbonyl (C=O) groups is 3. The van der Waals surface area contributed by atoms with Crippen molar-refractivity contribution in [2.45, 2.75) is 101 Å². The fourth-order valence-corrected chi connectivity index (χ4v) is 8.55. The molecule has 5 atom stereocenters. The molecule has 1 saturated heterocycles. The van der Waals surface area contributed by atoms with Gasteiger partial charge in [0, 0.05) is 29.9 Å². The molecule has 2 aliphatic heterocycles. The lowest BCUT2D eigenvalue weighted by Crippen LogP contribution is -2.49. The molecule has 12 nitrogen and oxygen atoms in total. The van der Waals surface area contributed by atoms with Crippen LogP contribution in [0.1, 0.15) is 76.7 Å². The summed E-state index contributed by atoms with van der Waals surface area (Å²) in [6, 6.07) is 3.75. The zero-order chi connectivity index (χ0) is 34.2. The number of rotatable bonds is 8. The number of nitrogens with one attached hydrogen (secondary N) is 1. The molecule has 2 aromatic rings. The predicted octanol–water partition coefficient (Wildman–Crippen LogP) is 3.72. The molecule has 260 valence electrons. The Hall–Kier alpha value is -3.71. The number of Topliss-reactive ketones (excluding diaryl/α,β-unsaturated/α-hetero) is 1. The van der Waals surface area contributed by atoms with E-state index in [0.717, 1.165) is 36.6 Å². The van der Waals surface area contributed by atoms with Crippen LogP contribution in [-0.4, -0.2) is 79.6 Å². The van der Waals surface area contributed by atoms with Gasteiger partial charge >= 0.3 is 0 Å². The molecule has 2 saturated carbocycles. The number of benzene rings is 1. The number of hydrogen-bond donors (Lipinski definition) is 2. The number of carbonyl (C=O) groups excluding carboxylic acids is 3. The molecule has 48 heavy (non-hydrogen) atoms. The van der Waals surface area contributed by atoms with Crippen LogP contribution in [0.5, 0.6) is 17.4 Å². The Labute approximate surface area is 281 Å². The van der Waals surface area contributed by atoms with Gasteiger partial charge in [-0.1, -0.05) is 25.0 Å². The number of ether oxygens (including phenoxy) is 3. The molecule has 0 spiro atoms. The van der Waals surface area contributed by atoms with Crippen molar-refractivity contribution in [3.8, 4) is 17.4 Å². The molecule has 3 fully saturated rings. The predicted molar refractivity (Wildman–Crippen MR) is 179 cm³/mol. The summed E-state index contributed by atoms with van der Waals surface area (Å²) in [5.74, 6) is 0.00909. The van der Waals surface area contributed by atoms with E-state index in [0.29, 0.717) is 55.2 Å². The van der Waals surface area contributed by atoms with Gasteiger partial charge in [0.1, 0.15) is 17.6 Å². The molecule has 6 rings (SSSR count). The number of sulfonamides is 1. The number of nitrogens with zero attached hydrogens (tertiary/aromatic N) is 2. The molecule has 4 aliphatic rings. The summed E-state index contributed by atoms with van der Waals surface area (Å²) >= 11 is 0. The van der Waals surface area contributed by atoms with Crippen molar-refractivity contribution in [2.24, 2.45) is 17.1 Å². The highest BCUT2D eigenvalue weighted by atomic mass is 32.2. The van der Waals surface area contributed by atoms with Gasteiger partial charge in [-0.3, -0.25) is 19.1 Å². The van der Waals surface area contributed by atoms with E-state index in [1.54, 1.807) is 13.2 Å². The van der Waals surface area contributed by atoms with Gasteiger partial charge in [0.15, 0.2) is 5.78 Å². The summed E-state index contributed by atoms with van der Waals surface area (Å²) in [6.45, 7) is 4.29. The standard InChI is InChI=1S/C35H46N4O8S/c1-4-46-31-17-30(25-14-15-29(45-3)21(2)32(25)37-31)47-23-16-27-28(40)19-35(34(42)38-48(43,44)24-12-13-24)18-22(35)10-8-6-5-7-9-11-26(36)33(41)39(27)20-23/h8,10,14-15,17,22-24,26-27H,4-7,9,11-13,16,18-20,36H2,1-3H3,(H,38,42)/b10-8-/t22-,23-,26+,27+,35-/m1/s1. The number of amides is 2. The third-order valence-corrected chi connectivity index (χ3v) is 12.0. The highest BCUT2D eigenvalue weighted by Crippen LogP contribution is 2.57. The Kier molecular flexibility index (Phi) is 9.72. The van der Waals surface area contributed by atoms with Crippen LogP contribution >= 0.6 is 0 Å². The molecule has 0 bridgehead atoms. The topological polar surface area (TPSA) is 167 Å². The molecular weight excluding hydrogens is 636 g/mol. The fraction of sp³-hybridized carbons (Fsp3) is 0.600. The van der Waals surface area contributed by atoms with Gasteiger partial charge in [0.05, 0.1) is 48.5 Å². The van der Waals surface area contributed by atoms with E-state index in [1.807, 2.05) is 38.1 Å². The Morgan fingerprint density at radius 2 is 1.94 bits per heavy atom. The first-order valence-corrected chi connectivity index (χ1v) is 18.6. The van der Waals surface area contributed by atoms with E-state index in [9.17, 15) is 22.8 Å². The number of allylic oxidation sites excluding steroid dienone is 2. The maximum absolute atomic E-state index is 14.2. The second-order valence-electron chi connectivity index (χ2n) is 13.6. The van der Waals surface area contributed by atoms with Gasteiger partial charge in [-0.15, -0.1) is 0 Å². The van der Waals surface area contributed by atoms with Crippen molar-refractivity contribution in [1.82, 2.24) is 14.6 Å². The lowest BCUT2D eigenvalue weighted by atomic mass is 9.91. The maximum atomic E-state index is 14.2. The molecular formula is C35H46N4O8S. The van der Waals surface area contributed by atoms with Crippen LogP contribution < -0.4 is 24.7 Å². The van der Waals surface area contributed by atoms with Crippen molar-refractivity contribution in [3.05, 3.63) is 35.9 Å². The highest BCUT2D eigenvalue weighted by molar-refractivity contribution is 7.90.